The Bertz CT molecular complexity index is 235. The molecule has 0 atom stereocenters. The first kappa shape index (κ1) is 7.27. The summed E-state index contributed by atoms with van der Waals surface area (Å²) in [6.45, 7) is 0. The van der Waals surface area contributed by atoms with Gasteiger partial charge in [0.2, 0.25) is 0 Å². The van der Waals surface area contributed by atoms with Gasteiger partial charge in [0, 0.05) is 0 Å². The Morgan fingerprint density at radius 3 is 2.80 bits per heavy atom. The highest BCUT2D eigenvalue weighted by atomic mass is 32.1. The van der Waals surface area contributed by atoms with Crippen LogP contribution in [0.5, 0.6) is 0 Å². The van der Waals surface area contributed by atoms with Crippen molar-refractivity contribution in [3.05, 3.63) is 16.1 Å². The van der Waals surface area contributed by atoms with Crippen LogP contribution >= 0.6 is 11.3 Å². The number of hydrogen-bond acceptors (Lipinski definition) is 3. The van der Waals surface area contributed by atoms with E-state index in [1.165, 1.54) is 5.51 Å². The molecule has 1 rings (SSSR count). The van der Waals surface area contributed by atoms with Gasteiger partial charge in [0.25, 0.3) is 6.43 Å². The Balaban J connectivity index is 3.01. The highest BCUT2D eigenvalue weighted by Gasteiger charge is 2.14. The third kappa shape index (κ3) is 1.18. The van der Waals surface area contributed by atoms with Gasteiger partial charge in [0.05, 0.1) is 10.4 Å². The standard InChI is InChI=1S/C5H3F2NOS/c6-5(7)4-3(1-9)10-2-8-4/h1-2,5H. The molecule has 54 valence electrons. The van der Waals surface area contributed by atoms with E-state index in [4.69, 9.17) is 0 Å². The van der Waals surface area contributed by atoms with E-state index in [1.807, 2.05) is 0 Å². The molecule has 0 amide bonds. The van der Waals surface area contributed by atoms with Gasteiger partial charge in [-0.3, -0.25) is 4.79 Å². The van der Waals surface area contributed by atoms with Crippen LogP contribution in [-0.2, 0) is 0 Å². The summed E-state index contributed by atoms with van der Waals surface area (Å²) in [5.41, 5.74) is 0.811. The first-order valence-corrected chi connectivity index (χ1v) is 3.30. The average molecular weight is 163 g/mol. The van der Waals surface area contributed by atoms with E-state index in [0.29, 0.717) is 6.29 Å². The SMILES string of the molecule is O=Cc1scnc1C(F)F. The van der Waals surface area contributed by atoms with E-state index in [2.05, 4.69) is 4.98 Å². The van der Waals surface area contributed by atoms with E-state index < -0.39 is 12.1 Å². The van der Waals surface area contributed by atoms with Crippen molar-refractivity contribution in [1.82, 2.24) is 4.98 Å². The van der Waals surface area contributed by atoms with Crippen LogP contribution in [0, 0.1) is 0 Å². The third-order valence-corrected chi connectivity index (χ3v) is 1.71. The topological polar surface area (TPSA) is 30.0 Å². The van der Waals surface area contributed by atoms with Crippen LogP contribution in [0.15, 0.2) is 5.51 Å². The molecule has 0 N–H and O–H groups in total. The molecule has 5 heteroatoms. The lowest BCUT2D eigenvalue weighted by molar-refractivity contribution is 0.110. The Labute approximate surface area is 59.5 Å². The first-order chi connectivity index (χ1) is 4.75. The zero-order chi connectivity index (χ0) is 7.56. The zero-order valence-electron chi connectivity index (χ0n) is 4.75. The Kier molecular flexibility index (Phi) is 2.06. The predicted molar refractivity (Wildman–Crippen MR) is 32.5 cm³/mol. The summed E-state index contributed by atoms with van der Waals surface area (Å²) in [7, 11) is 0. The summed E-state index contributed by atoms with van der Waals surface area (Å²) in [5, 5.41) is 0. The van der Waals surface area contributed by atoms with Crippen molar-refractivity contribution >= 4 is 17.6 Å². The number of aldehydes is 1. The molecule has 0 unspecified atom stereocenters. The normalized spacial score (nSPS) is 10.3. The number of rotatable bonds is 2. The van der Waals surface area contributed by atoms with Gasteiger partial charge in [-0.2, -0.15) is 0 Å². The van der Waals surface area contributed by atoms with Gasteiger partial charge in [0.1, 0.15) is 5.69 Å². The fourth-order valence-electron chi connectivity index (χ4n) is 0.516. The molecule has 0 spiro atoms. The number of halogens is 2. The smallest absolute Gasteiger partial charge is 0.281 e. The lowest BCUT2D eigenvalue weighted by atomic mass is 10.4. The number of thiazole rings is 1. The predicted octanol–water partition coefficient (Wildman–Crippen LogP) is 1.89. The van der Waals surface area contributed by atoms with Crippen molar-refractivity contribution < 1.29 is 13.6 Å². The minimum absolute atomic E-state index is 0.00926. The Hall–Kier alpha value is -0.840. The number of alkyl halides is 2. The Morgan fingerprint density at radius 2 is 2.40 bits per heavy atom. The number of aromatic nitrogens is 1. The minimum atomic E-state index is -2.65. The summed E-state index contributed by atoms with van der Waals surface area (Å²) in [4.78, 5) is 13.4. The van der Waals surface area contributed by atoms with Gasteiger partial charge in [-0.15, -0.1) is 11.3 Å². The molecule has 0 fully saturated rings. The largest absolute Gasteiger partial charge is 0.297 e. The average Bonchev–Trinajstić information content (AvgIpc) is 2.33. The lowest BCUT2D eigenvalue weighted by Crippen LogP contribution is -1.88. The molecule has 0 radical (unpaired) electrons. The van der Waals surface area contributed by atoms with Crippen LogP contribution in [0.3, 0.4) is 0 Å². The molecule has 0 aromatic carbocycles. The van der Waals surface area contributed by atoms with E-state index in [0.717, 1.165) is 11.3 Å². The molecule has 0 aliphatic heterocycles. The van der Waals surface area contributed by atoms with E-state index in [1.54, 1.807) is 0 Å². The summed E-state index contributed by atoms with van der Waals surface area (Å²) in [6.07, 6.45) is -2.26. The molecule has 0 saturated heterocycles. The Morgan fingerprint density at radius 1 is 1.70 bits per heavy atom. The van der Waals surface area contributed by atoms with Gasteiger partial charge >= 0.3 is 0 Å². The van der Waals surface area contributed by atoms with Crippen LogP contribution in [0.4, 0.5) is 8.78 Å². The van der Waals surface area contributed by atoms with Crippen molar-refractivity contribution in [3.8, 4) is 0 Å². The van der Waals surface area contributed by atoms with Gasteiger partial charge in [0.15, 0.2) is 6.29 Å². The fraction of sp³-hybridized carbons (Fsp3) is 0.200. The molecule has 10 heavy (non-hydrogen) atoms. The molecule has 0 aliphatic carbocycles. The van der Waals surface area contributed by atoms with Crippen molar-refractivity contribution in [3.63, 3.8) is 0 Å². The first-order valence-electron chi connectivity index (χ1n) is 2.42. The molecular formula is C5H3F2NOS. The summed E-state index contributed by atoms with van der Waals surface area (Å²) in [6, 6.07) is 0. The molecule has 0 saturated carbocycles. The number of nitrogens with zero attached hydrogens (tertiary/aromatic N) is 1. The second-order valence-electron chi connectivity index (χ2n) is 1.52. The molecule has 2 nitrogen and oxygen atoms in total. The van der Waals surface area contributed by atoms with Crippen molar-refractivity contribution in [2.75, 3.05) is 0 Å². The molecule has 0 aliphatic rings. The second-order valence-corrected chi connectivity index (χ2v) is 2.41. The van der Waals surface area contributed by atoms with Gasteiger partial charge in [-0.25, -0.2) is 13.8 Å². The van der Waals surface area contributed by atoms with Crippen LogP contribution < -0.4 is 0 Å². The minimum Gasteiger partial charge on any atom is -0.297 e. The monoisotopic (exact) mass is 163 g/mol. The summed E-state index contributed by atoms with van der Waals surface area (Å²) < 4.78 is 23.7. The van der Waals surface area contributed by atoms with Gasteiger partial charge in [-0.1, -0.05) is 0 Å². The van der Waals surface area contributed by atoms with E-state index >= 15 is 0 Å². The van der Waals surface area contributed by atoms with Crippen molar-refractivity contribution in [2.24, 2.45) is 0 Å². The molecule has 0 bridgehead atoms. The van der Waals surface area contributed by atoms with Crippen molar-refractivity contribution in [1.29, 1.82) is 0 Å². The van der Waals surface area contributed by atoms with Crippen LogP contribution in [0.25, 0.3) is 0 Å². The van der Waals surface area contributed by atoms with E-state index in [9.17, 15) is 13.6 Å². The zero-order valence-corrected chi connectivity index (χ0v) is 5.57. The van der Waals surface area contributed by atoms with Crippen LogP contribution in [0.2, 0.25) is 0 Å². The third-order valence-electron chi connectivity index (χ3n) is 0.938. The summed E-state index contributed by atoms with van der Waals surface area (Å²) in [5.74, 6) is 0. The number of carbonyl (C=O) groups excluding carboxylic acids is 1. The van der Waals surface area contributed by atoms with Crippen LogP contribution in [-0.4, -0.2) is 11.3 Å². The fourth-order valence-corrected chi connectivity index (χ4v) is 1.11. The van der Waals surface area contributed by atoms with Crippen molar-refractivity contribution in [2.45, 2.75) is 6.43 Å². The maximum Gasteiger partial charge on any atom is 0.281 e. The number of hydrogen-bond donors (Lipinski definition) is 0. The molecule has 1 aromatic heterocycles. The highest BCUT2D eigenvalue weighted by Crippen LogP contribution is 2.22. The molecular weight excluding hydrogens is 160 g/mol. The maximum absolute atomic E-state index is 11.8. The second kappa shape index (κ2) is 2.83. The lowest BCUT2D eigenvalue weighted by Gasteiger charge is -1.90. The number of carbonyl (C=O) groups is 1. The van der Waals surface area contributed by atoms with E-state index in [-0.39, 0.29) is 4.88 Å². The summed E-state index contributed by atoms with van der Waals surface area (Å²) >= 11 is 0.919. The highest BCUT2D eigenvalue weighted by molar-refractivity contribution is 7.11. The van der Waals surface area contributed by atoms with Gasteiger partial charge in [-0.05, 0) is 0 Å². The molecule has 1 aromatic rings. The molecule has 1 heterocycles. The maximum atomic E-state index is 11.8. The quantitative estimate of drug-likeness (QED) is 0.623. The van der Waals surface area contributed by atoms with Crippen LogP contribution in [0.1, 0.15) is 21.8 Å². The van der Waals surface area contributed by atoms with Gasteiger partial charge < -0.3 is 0 Å².